The van der Waals surface area contributed by atoms with Crippen molar-refractivity contribution in [1.29, 1.82) is 0 Å². The summed E-state index contributed by atoms with van der Waals surface area (Å²) in [6, 6.07) is 9.80. The lowest BCUT2D eigenvalue weighted by Crippen LogP contribution is -2.46. The monoisotopic (exact) mass is 445 g/mol. The lowest BCUT2D eigenvalue weighted by Gasteiger charge is -2.27. The highest BCUT2D eigenvalue weighted by Gasteiger charge is 2.36. The van der Waals surface area contributed by atoms with Crippen LogP contribution in [0.5, 0.6) is 5.75 Å². The third-order valence-electron chi connectivity index (χ3n) is 4.36. The fourth-order valence-corrected chi connectivity index (χ4v) is 4.02. The summed E-state index contributed by atoms with van der Waals surface area (Å²) in [5.74, 6) is 0.860. The van der Waals surface area contributed by atoms with Gasteiger partial charge < -0.3 is 19.7 Å². The van der Waals surface area contributed by atoms with Crippen molar-refractivity contribution >= 4 is 28.6 Å². The maximum Gasteiger partial charge on any atom is 0.318 e. The van der Waals surface area contributed by atoms with E-state index in [1.807, 2.05) is 35.2 Å². The first-order valence-electron chi connectivity index (χ1n) is 8.44. The Balaban J connectivity index is 1.42. The Morgan fingerprint density at radius 2 is 2.00 bits per heavy atom. The largest absolute Gasteiger partial charge is 0.487 e. The number of morpholine rings is 1. The smallest absolute Gasteiger partial charge is 0.318 e. The van der Waals surface area contributed by atoms with Crippen molar-refractivity contribution < 1.29 is 14.3 Å². The number of para-hydroxylation sites is 1. The first-order chi connectivity index (χ1) is 11.7. The van der Waals surface area contributed by atoms with E-state index in [9.17, 15) is 4.79 Å². The number of likely N-dealkylation sites (tertiary alicyclic amines) is 1. The zero-order chi connectivity index (χ0) is 16.8. The number of urea groups is 1. The van der Waals surface area contributed by atoms with Crippen molar-refractivity contribution in [2.75, 3.05) is 45.9 Å². The SMILES string of the molecule is O=C(NCCN1CCOCC1)N1CCC(Oc2ccccc2)C1I. The Labute approximate surface area is 156 Å². The van der Waals surface area contributed by atoms with Crippen molar-refractivity contribution in [3.63, 3.8) is 0 Å². The van der Waals surface area contributed by atoms with Gasteiger partial charge >= 0.3 is 6.03 Å². The number of carbonyl (C=O) groups excluding carboxylic acids is 1. The molecule has 0 radical (unpaired) electrons. The molecule has 132 valence electrons. The van der Waals surface area contributed by atoms with Gasteiger partial charge in [-0.15, -0.1) is 0 Å². The van der Waals surface area contributed by atoms with Crippen molar-refractivity contribution in [3.8, 4) is 5.75 Å². The number of alkyl halides is 1. The molecule has 0 aliphatic carbocycles. The summed E-state index contributed by atoms with van der Waals surface area (Å²) in [6.07, 6.45) is 0.900. The molecule has 2 heterocycles. The van der Waals surface area contributed by atoms with E-state index in [0.717, 1.165) is 51.6 Å². The Kier molecular flexibility index (Phi) is 6.56. The van der Waals surface area contributed by atoms with Crippen LogP contribution in [0, 0.1) is 0 Å². The third kappa shape index (κ3) is 4.73. The molecule has 6 nitrogen and oxygen atoms in total. The number of hydrogen-bond donors (Lipinski definition) is 1. The summed E-state index contributed by atoms with van der Waals surface area (Å²) in [7, 11) is 0. The van der Waals surface area contributed by atoms with Gasteiger partial charge in [-0.05, 0) is 12.1 Å². The van der Waals surface area contributed by atoms with Crippen molar-refractivity contribution in [1.82, 2.24) is 15.1 Å². The molecule has 0 saturated carbocycles. The number of ether oxygens (including phenoxy) is 2. The van der Waals surface area contributed by atoms with Gasteiger partial charge in [0.1, 0.15) is 15.9 Å². The second-order valence-electron chi connectivity index (χ2n) is 6.01. The lowest BCUT2D eigenvalue weighted by molar-refractivity contribution is 0.0386. The maximum absolute atomic E-state index is 12.4. The molecule has 0 aromatic heterocycles. The third-order valence-corrected chi connectivity index (χ3v) is 5.83. The number of carbonyl (C=O) groups is 1. The number of rotatable bonds is 5. The number of amides is 2. The number of nitrogens with one attached hydrogen (secondary N) is 1. The Morgan fingerprint density at radius 3 is 2.75 bits per heavy atom. The molecule has 2 fully saturated rings. The summed E-state index contributed by atoms with van der Waals surface area (Å²) in [4.78, 5) is 16.6. The zero-order valence-corrected chi connectivity index (χ0v) is 15.9. The zero-order valence-electron chi connectivity index (χ0n) is 13.7. The van der Waals surface area contributed by atoms with Crippen LogP contribution in [0.15, 0.2) is 30.3 Å². The molecule has 2 saturated heterocycles. The molecule has 24 heavy (non-hydrogen) atoms. The molecular weight excluding hydrogens is 421 g/mol. The quantitative estimate of drug-likeness (QED) is 0.428. The second kappa shape index (κ2) is 8.87. The van der Waals surface area contributed by atoms with Gasteiger partial charge in [0.2, 0.25) is 0 Å². The van der Waals surface area contributed by atoms with Gasteiger partial charge in [-0.25, -0.2) is 4.79 Å². The van der Waals surface area contributed by atoms with E-state index in [4.69, 9.17) is 9.47 Å². The molecular formula is C17H24IN3O3. The van der Waals surface area contributed by atoms with E-state index >= 15 is 0 Å². The minimum atomic E-state index is 0.00169. The topological polar surface area (TPSA) is 54.0 Å². The highest BCUT2D eigenvalue weighted by molar-refractivity contribution is 14.1. The molecule has 1 aromatic rings. The number of halogens is 1. The standard InChI is InChI=1S/C17H24IN3O3/c18-16-15(24-14-4-2-1-3-5-14)6-8-21(16)17(22)19-7-9-20-10-12-23-13-11-20/h1-5,15-16H,6-13H2,(H,19,22). The molecule has 2 aliphatic rings. The summed E-state index contributed by atoms with van der Waals surface area (Å²) in [5, 5.41) is 3.03. The first-order valence-corrected chi connectivity index (χ1v) is 9.69. The van der Waals surface area contributed by atoms with Crippen molar-refractivity contribution in [2.45, 2.75) is 16.6 Å². The predicted octanol–water partition coefficient (Wildman–Crippen LogP) is 1.94. The van der Waals surface area contributed by atoms with Crippen LogP contribution < -0.4 is 10.1 Å². The van der Waals surface area contributed by atoms with Crippen LogP contribution in [0.4, 0.5) is 4.79 Å². The van der Waals surface area contributed by atoms with Gasteiger partial charge in [-0.1, -0.05) is 40.8 Å². The molecule has 1 N–H and O–H groups in total. The van der Waals surface area contributed by atoms with E-state index < -0.39 is 0 Å². The average molecular weight is 445 g/mol. The van der Waals surface area contributed by atoms with Crippen LogP contribution in [0.2, 0.25) is 0 Å². The average Bonchev–Trinajstić information content (AvgIpc) is 2.97. The molecule has 2 unspecified atom stereocenters. The maximum atomic E-state index is 12.4. The molecule has 2 amide bonds. The summed E-state index contributed by atoms with van der Waals surface area (Å²) in [6.45, 7) is 5.74. The fraction of sp³-hybridized carbons (Fsp3) is 0.588. The van der Waals surface area contributed by atoms with Gasteiger partial charge in [0, 0.05) is 39.1 Å². The minimum Gasteiger partial charge on any atom is -0.487 e. The minimum absolute atomic E-state index is 0.00169. The first kappa shape index (κ1) is 17.8. The Bertz CT molecular complexity index is 525. The van der Waals surface area contributed by atoms with Gasteiger partial charge in [0.05, 0.1) is 13.2 Å². The number of benzene rings is 1. The van der Waals surface area contributed by atoms with E-state index in [2.05, 4.69) is 32.8 Å². The summed E-state index contributed by atoms with van der Waals surface area (Å²) in [5.41, 5.74) is 0. The van der Waals surface area contributed by atoms with Crippen LogP contribution >= 0.6 is 22.6 Å². The highest BCUT2D eigenvalue weighted by Crippen LogP contribution is 2.27. The van der Waals surface area contributed by atoms with Gasteiger partial charge in [-0.3, -0.25) is 4.90 Å². The van der Waals surface area contributed by atoms with Gasteiger partial charge in [-0.2, -0.15) is 0 Å². The molecule has 2 atom stereocenters. The molecule has 1 aromatic carbocycles. The van der Waals surface area contributed by atoms with Crippen LogP contribution in [-0.2, 0) is 4.74 Å². The van der Waals surface area contributed by atoms with Crippen molar-refractivity contribution in [3.05, 3.63) is 30.3 Å². The lowest BCUT2D eigenvalue weighted by atomic mass is 10.3. The van der Waals surface area contributed by atoms with Gasteiger partial charge in [0.25, 0.3) is 0 Å². The number of hydrogen-bond acceptors (Lipinski definition) is 4. The molecule has 0 spiro atoms. The number of nitrogens with zero attached hydrogens (tertiary/aromatic N) is 2. The molecule has 0 bridgehead atoms. The van der Waals surface area contributed by atoms with Crippen LogP contribution in [0.3, 0.4) is 0 Å². The Morgan fingerprint density at radius 1 is 1.25 bits per heavy atom. The summed E-state index contributed by atoms with van der Waals surface area (Å²) >= 11 is 2.31. The van der Waals surface area contributed by atoms with Crippen LogP contribution in [0.1, 0.15) is 6.42 Å². The van der Waals surface area contributed by atoms with E-state index in [0.29, 0.717) is 6.54 Å². The molecule has 7 heteroatoms. The normalized spacial score (nSPS) is 24.8. The van der Waals surface area contributed by atoms with Crippen LogP contribution in [0.25, 0.3) is 0 Å². The van der Waals surface area contributed by atoms with Crippen LogP contribution in [-0.4, -0.2) is 71.9 Å². The molecule has 3 rings (SSSR count). The Hall–Kier alpha value is -1.06. The van der Waals surface area contributed by atoms with E-state index in [1.54, 1.807) is 0 Å². The fourth-order valence-electron chi connectivity index (χ4n) is 2.98. The van der Waals surface area contributed by atoms with Crippen molar-refractivity contribution in [2.24, 2.45) is 0 Å². The highest BCUT2D eigenvalue weighted by atomic mass is 127. The van der Waals surface area contributed by atoms with E-state index in [1.165, 1.54) is 0 Å². The predicted molar refractivity (Wildman–Crippen MR) is 101 cm³/mol. The molecule has 2 aliphatic heterocycles. The summed E-state index contributed by atoms with van der Waals surface area (Å²) < 4.78 is 11.4. The van der Waals surface area contributed by atoms with Gasteiger partial charge in [0.15, 0.2) is 0 Å². The van der Waals surface area contributed by atoms with E-state index in [-0.39, 0.29) is 16.2 Å². The second-order valence-corrected chi connectivity index (χ2v) is 7.29.